The summed E-state index contributed by atoms with van der Waals surface area (Å²) in [4.78, 5) is 0. The summed E-state index contributed by atoms with van der Waals surface area (Å²) in [7, 11) is 0. The predicted octanol–water partition coefficient (Wildman–Crippen LogP) is 4.00. The molecule has 3 nitrogen and oxygen atoms in total. The second-order valence-corrected chi connectivity index (χ2v) is 6.25. The molecule has 2 unspecified atom stereocenters. The summed E-state index contributed by atoms with van der Waals surface area (Å²) >= 11 is 0. The van der Waals surface area contributed by atoms with Crippen molar-refractivity contribution >= 4 is 0 Å². The molecule has 2 aromatic carbocycles. The number of epoxide rings is 1. The molecule has 0 saturated carbocycles. The van der Waals surface area contributed by atoms with E-state index in [1.165, 1.54) is 23.1 Å². The van der Waals surface area contributed by atoms with Gasteiger partial charge in [0.25, 0.3) is 0 Å². The summed E-state index contributed by atoms with van der Waals surface area (Å²) < 4.78 is 17.6. The highest BCUT2D eigenvalue weighted by molar-refractivity contribution is 5.44. The van der Waals surface area contributed by atoms with Gasteiger partial charge in [-0.15, -0.1) is 0 Å². The van der Waals surface area contributed by atoms with Gasteiger partial charge in [-0.05, 0) is 36.0 Å². The van der Waals surface area contributed by atoms with E-state index in [4.69, 9.17) is 14.2 Å². The van der Waals surface area contributed by atoms with Crippen molar-refractivity contribution in [2.45, 2.75) is 37.8 Å². The molecule has 120 valence electrons. The fourth-order valence-corrected chi connectivity index (χ4v) is 3.32. The van der Waals surface area contributed by atoms with Gasteiger partial charge in [0.2, 0.25) is 0 Å². The molecule has 0 bridgehead atoms. The van der Waals surface area contributed by atoms with Gasteiger partial charge < -0.3 is 14.2 Å². The fraction of sp³-hybridized carbons (Fsp3) is 0.400. The van der Waals surface area contributed by atoms with E-state index < -0.39 is 0 Å². The zero-order chi connectivity index (χ0) is 15.5. The molecule has 2 aromatic rings. The highest BCUT2D eigenvalue weighted by Crippen LogP contribution is 2.46. The van der Waals surface area contributed by atoms with Crippen LogP contribution in [0.15, 0.2) is 54.6 Å². The number of benzene rings is 2. The van der Waals surface area contributed by atoms with Crippen molar-refractivity contribution in [3.8, 4) is 0 Å². The number of hydrogen-bond donors (Lipinski definition) is 0. The van der Waals surface area contributed by atoms with Crippen molar-refractivity contribution in [2.75, 3.05) is 13.2 Å². The Kier molecular flexibility index (Phi) is 4.17. The minimum atomic E-state index is -0.297. The van der Waals surface area contributed by atoms with Crippen LogP contribution in [0.1, 0.15) is 36.0 Å². The SMILES string of the molecule is c1ccc(C2(c3ccccc3COC3CCCCO3)CO2)cc1. The minimum Gasteiger partial charge on any atom is -0.359 e. The molecule has 2 saturated heterocycles. The Bertz CT molecular complexity index is 643. The molecule has 0 aromatic heterocycles. The molecule has 0 N–H and O–H groups in total. The first-order chi connectivity index (χ1) is 11.4. The molecule has 4 rings (SSSR count). The monoisotopic (exact) mass is 310 g/mol. The van der Waals surface area contributed by atoms with E-state index in [-0.39, 0.29) is 11.9 Å². The highest BCUT2D eigenvalue weighted by Gasteiger charge is 2.49. The van der Waals surface area contributed by atoms with E-state index in [1.54, 1.807) is 0 Å². The van der Waals surface area contributed by atoms with Crippen molar-refractivity contribution in [3.05, 3.63) is 71.3 Å². The lowest BCUT2D eigenvalue weighted by Crippen LogP contribution is -2.23. The van der Waals surface area contributed by atoms with Crippen LogP contribution in [0.4, 0.5) is 0 Å². The standard InChI is InChI=1S/C20H22O3/c1-2-9-17(10-3-1)20(15-23-20)18-11-5-4-8-16(18)14-22-19-12-6-7-13-21-19/h1-5,8-11,19H,6-7,12-15H2. The van der Waals surface area contributed by atoms with E-state index in [2.05, 4.69) is 48.5 Å². The zero-order valence-electron chi connectivity index (χ0n) is 13.2. The number of hydrogen-bond acceptors (Lipinski definition) is 3. The Morgan fingerprint density at radius 2 is 1.78 bits per heavy atom. The zero-order valence-corrected chi connectivity index (χ0v) is 13.2. The van der Waals surface area contributed by atoms with Crippen LogP contribution in [0.25, 0.3) is 0 Å². The minimum absolute atomic E-state index is 0.0652. The smallest absolute Gasteiger partial charge is 0.158 e. The lowest BCUT2D eigenvalue weighted by atomic mass is 9.88. The van der Waals surface area contributed by atoms with Gasteiger partial charge in [0.15, 0.2) is 6.29 Å². The third kappa shape index (κ3) is 3.05. The van der Waals surface area contributed by atoms with E-state index in [0.717, 1.165) is 26.1 Å². The molecular weight excluding hydrogens is 288 g/mol. The molecule has 0 spiro atoms. The van der Waals surface area contributed by atoms with Gasteiger partial charge >= 0.3 is 0 Å². The van der Waals surface area contributed by atoms with Crippen LogP contribution in [0.5, 0.6) is 0 Å². The maximum Gasteiger partial charge on any atom is 0.158 e. The molecule has 0 aliphatic carbocycles. The van der Waals surface area contributed by atoms with Gasteiger partial charge in [0, 0.05) is 6.61 Å². The Morgan fingerprint density at radius 3 is 2.52 bits per heavy atom. The van der Waals surface area contributed by atoms with Gasteiger partial charge in [0.05, 0.1) is 13.2 Å². The van der Waals surface area contributed by atoms with E-state index in [1.807, 2.05) is 6.07 Å². The van der Waals surface area contributed by atoms with Crippen LogP contribution in [-0.4, -0.2) is 19.5 Å². The number of rotatable bonds is 5. The average Bonchev–Trinajstić information content (AvgIpc) is 3.44. The Morgan fingerprint density at radius 1 is 1.00 bits per heavy atom. The van der Waals surface area contributed by atoms with Crippen LogP contribution in [-0.2, 0) is 26.4 Å². The van der Waals surface area contributed by atoms with Crippen LogP contribution in [0.3, 0.4) is 0 Å². The maximum atomic E-state index is 5.99. The van der Waals surface area contributed by atoms with Gasteiger partial charge in [0.1, 0.15) is 5.60 Å². The van der Waals surface area contributed by atoms with E-state index in [9.17, 15) is 0 Å². The molecule has 0 amide bonds. The fourth-order valence-electron chi connectivity index (χ4n) is 3.32. The molecule has 0 radical (unpaired) electrons. The highest BCUT2D eigenvalue weighted by atomic mass is 16.7. The topological polar surface area (TPSA) is 31.0 Å². The Hall–Kier alpha value is -1.68. The van der Waals surface area contributed by atoms with Crippen LogP contribution >= 0.6 is 0 Å². The quantitative estimate of drug-likeness (QED) is 0.782. The van der Waals surface area contributed by atoms with Gasteiger partial charge in [-0.1, -0.05) is 54.6 Å². The van der Waals surface area contributed by atoms with Gasteiger partial charge in [-0.25, -0.2) is 0 Å². The van der Waals surface area contributed by atoms with Crippen molar-refractivity contribution < 1.29 is 14.2 Å². The third-order valence-corrected chi connectivity index (χ3v) is 4.69. The molecule has 2 aliphatic heterocycles. The maximum absolute atomic E-state index is 5.99. The van der Waals surface area contributed by atoms with Crippen LogP contribution in [0.2, 0.25) is 0 Å². The summed E-state index contributed by atoms with van der Waals surface area (Å²) in [6.45, 7) is 2.11. The summed E-state index contributed by atoms with van der Waals surface area (Å²) in [5.41, 5.74) is 3.31. The molecule has 2 atom stereocenters. The van der Waals surface area contributed by atoms with E-state index >= 15 is 0 Å². The van der Waals surface area contributed by atoms with Crippen molar-refractivity contribution in [3.63, 3.8) is 0 Å². The molecule has 3 heteroatoms. The van der Waals surface area contributed by atoms with Crippen LogP contribution < -0.4 is 0 Å². The summed E-state index contributed by atoms with van der Waals surface area (Å²) in [5.74, 6) is 0. The Balaban J connectivity index is 1.55. The van der Waals surface area contributed by atoms with Crippen molar-refractivity contribution in [2.24, 2.45) is 0 Å². The van der Waals surface area contributed by atoms with E-state index in [0.29, 0.717) is 6.61 Å². The normalized spacial score (nSPS) is 26.9. The predicted molar refractivity (Wildman–Crippen MR) is 88.0 cm³/mol. The first kappa shape index (κ1) is 14.9. The van der Waals surface area contributed by atoms with Crippen LogP contribution in [0, 0.1) is 0 Å². The lowest BCUT2D eigenvalue weighted by molar-refractivity contribution is -0.169. The first-order valence-electron chi connectivity index (χ1n) is 8.39. The van der Waals surface area contributed by atoms with Crippen molar-refractivity contribution in [1.29, 1.82) is 0 Å². The molecule has 2 aliphatic rings. The molecular formula is C20H22O3. The van der Waals surface area contributed by atoms with Gasteiger partial charge in [-0.3, -0.25) is 0 Å². The Labute approximate surface area is 137 Å². The second-order valence-electron chi connectivity index (χ2n) is 6.25. The lowest BCUT2D eigenvalue weighted by Gasteiger charge is -2.24. The summed E-state index contributed by atoms with van der Waals surface area (Å²) in [6, 6.07) is 18.8. The molecule has 2 heterocycles. The third-order valence-electron chi connectivity index (χ3n) is 4.69. The van der Waals surface area contributed by atoms with Gasteiger partial charge in [-0.2, -0.15) is 0 Å². The summed E-state index contributed by atoms with van der Waals surface area (Å²) in [5, 5.41) is 0. The second kappa shape index (κ2) is 6.44. The molecule has 2 fully saturated rings. The number of ether oxygens (including phenoxy) is 3. The average molecular weight is 310 g/mol. The molecule has 23 heavy (non-hydrogen) atoms. The largest absolute Gasteiger partial charge is 0.359 e. The first-order valence-corrected chi connectivity index (χ1v) is 8.39. The van der Waals surface area contributed by atoms with Crippen molar-refractivity contribution in [1.82, 2.24) is 0 Å². The summed E-state index contributed by atoms with van der Waals surface area (Å²) in [6.07, 6.45) is 3.25.